The van der Waals surface area contributed by atoms with Crippen LogP contribution in [-0.2, 0) is 23.8 Å². The highest BCUT2D eigenvalue weighted by Crippen LogP contribution is 2.23. The van der Waals surface area contributed by atoms with Gasteiger partial charge in [0.05, 0.1) is 32.0 Å². The number of nitrogens with one attached hydrogen (secondary N) is 1. The van der Waals surface area contributed by atoms with Crippen LogP contribution in [0.4, 0.5) is 0 Å². The molecule has 11 nitrogen and oxygen atoms in total. The lowest BCUT2D eigenvalue weighted by molar-refractivity contribution is -0.302. The fourth-order valence-corrected chi connectivity index (χ4v) is 9.26. The van der Waals surface area contributed by atoms with Crippen LogP contribution in [-0.4, -0.2) is 100 Å². The van der Waals surface area contributed by atoms with Gasteiger partial charge in [0.25, 0.3) is 0 Å². The van der Waals surface area contributed by atoms with Crippen molar-refractivity contribution in [2.45, 2.75) is 307 Å². The minimum atomic E-state index is -1.58. The van der Waals surface area contributed by atoms with Crippen LogP contribution < -0.4 is 5.32 Å². The van der Waals surface area contributed by atoms with E-state index in [-0.39, 0.29) is 18.5 Å². The van der Waals surface area contributed by atoms with Crippen LogP contribution in [0.2, 0.25) is 0 Å². The molecule has 1 amide bonds. The van der Waals surface area contributed by atoms with E-state index in [1.807, 2.05) is 6.08 Å². The zero-order valence-corrected chi connectivity index (χ0v) is 48.4. The molecule has 1 fully saturated rings. The first-order valence-electron chi connectivity index (χ1n) is 31.2. The second kappa shape index (κ2) is 54.1. The number of unbranched alkanes of at least 4 members (excludes halogenated alkanes) is 29. The Morgan fingerprint density at radius 1 is 0.487 bits per heavy atom. The largest absolute Gasteiger partial charge is 0.466 e. The molecule has 0 spiro atoms. The molecular formula is C65H115NO10. The topological polar surface area (TPSA) is 175 Å². The Morgan fingerprint density at radius 2 is 0.908 bits per heavy atom. The lowest BCUT2D eigenvalue weighted by Gasteiger charge is -2.40. The van der Waals surface area contributed by atoms with E-state index in [9.17, 15) is 35.1 Å². The molecule has 7 unspecified atom stereocenters. The summed E-state index contributed by atoms with van der Waals surface area (Å²) in [6.45, 7) is 4.24. The maximum Gasteiger partial charge on any atom is 0.305 e. The maximum atomic E-state index is 13.0. The molecule has 7 atom stereocenters. The first-order chi connectivity index (χ1) is 37.2. The Kier molecular flexibility index (Phi) is 50.6. The molecule has 6 N–H and O–H groups in total. The van der Waals surface area contributed by atoms with Gasteiger partial charge in [0.15, 0.2) is 6.29 Å². The lowest BCUT2D eigenvalue weighted by atomic mass is 9.99. The third-order valence-electron chi connectivity index (χ3n) is 14.3. The number of aliphatic hydroxyl groups is 5. The predicted molar refractivity (Wildman–Crippen MR) is 315 cm³/mol. The smallest absolute Gasteiger partial charge is 0.305 e. The van der Waals surface area contributed by atoms with Crippen molar-refractivity contribution in [3.05, 3.63) is 72.9 Å². The molecule has 0 aromatic rings. The van der Waals surface area contributed by atoms with Crippen molar-refractivity contribution < 1.29 is 49.3 Å². The number of carbonyl (C=O) groups is 2. The van der Waals surface area contributed by atoms with Crippen molar-refractivity contribution >= 4 is 11.9 Å². The van der Waals surface area contributed by atoms with Gasteiger partial charge >= 0.3 is 5.97 Å². The zero-order valence-electron chi connectivity index (χ0n) is 48.4. The number of hydrogen-bond acceptors (Lipinski definition) is 10. The molecule has 0 radical (unpaired) electrons. The van der Waals surface area contributed by atoms with Gasteiger partial charge in [-0.25, -0.2) is 0 Å². The number of hydrogen-bond donors (Lipinski definition) is 6. The second-order valence-corrected chi connectivity index (χ2v) is 21.4. The van der Waals surface area contributed by atoms with E-state index in [1.165, 1.54) is 135 Å². The fraction of sp³-hybridized carbons (Fsp3) is 0.785. The summed E-state index contributed by atoms with van der Waals surface area (Å²) in [5.41, 5.74) is 0. The Hall–Kier alpha value is -2.90. The number of aliphatic hydroxyl groups excluding tert-OH is 5. The van der Waals surface area contributed by atoms with Gasteiger partial charge in [0.2, 0.25) is 5.91 Å². The van der Waals surface area contributed by atoms with Crippen molar-refractivity contribution in [1.29, 1.82) is 0 Å². The third-order valence-corrected chi connectivity index (χ3v) is 14.3. The molecule has 1 saturated heterocycles. The van der Waals surface area contributed by atoms with Crippen molar-refractivity contribution in [2.75, 3.05) is 19.8 Å². The molecule has 76 heavy (non-hydrogen) atoms. The van der Waals surface area contributed by atoms with Crippen molar-refractivity contribution in [3.8, 4) is 0 Å². The average molecular weight is 1070 g/mol. The molecule has 1 heterocycles. The third kappa shape index (κ3) is 43.0. The molecular weight excluding hydrogens is 955 g/mol. The van der Waals surface area contributed by atoms with Gasteiger partial charge in [0, 0.05) is 12.8 Å². The van der Waals surface area contributed by atoms with E-state index >= 15 is 0 Å². The molecule has 1 aliphatic heterocycles. The van der Waals surface area contributed by atoms with Crippen LogP contribution in [0, 0.1) is 0 Å². The summed E-state index contributed by atoms with van der Waals surface area (Å²) >= 11 is 0. The minimum absolute atomic E-state index is 0.0208. The van der Waals surface area contributed by atoms with Crippen LogP contribution >= 0.6 is 0 Å². The predicted octanol–water partition coefficient (Wildman–Crippen LogP) is 14.8. The number of ether oxygens (including phenoxy) is 3. The molecule has 440 valence electrons. The van der Waals surface area contributed by atoms with Crippen molar-refractivity contribution in [2.24, 2.45) is 0 Å². The summed E-state index contributed by atoms with van der Waals surface area (Å²) in [4.78, 5) is 25.1. The lowest BCUT2D eigenvalue weighted by Crippen LogP contribution is -2.60. The highest BCUT2D eigenvalue weighted by Gasteiger charge is 2.44. The van der Waals surface area contributed by atoms with E-state index in [0.29, 0.717) is 19.4 Å². The minimum Gasteiger partial charge on any atom is -0.466 e. The number of allylic oxidation sites excluding steroid dienone is 11. The highest BCUT2D eigenvalue weighted by molar-refractivity contribution is 5.76. The summed E-state index contributed by atoms with van der Waals surface area (Å²) in [5, 5.41) is 54.3. The summed E-state index contributed by atoms with van der Waals surface area (Å²) < 4.78 is 16.7. The number of amides is 1. The maximum absolute atomic E-state index is 13.0. The summed E-state index contributed by atoms with van der Waals surface area (Å²) in [6, 6.07) is -0.836. The van der Waals surface area contributed by atoms with Gasteiger partial charge in [-0.15, -0.1) is 0 Å². The van der Waals surface area contributed by atoms with Crippen LogP contribution in [0.15, 0.2) is 72.9 Å². The van der Waals surface area contributed by atoms with Gasteiger partial charge in [0.1, 0.15) is 24.4 Å². The number of esters is 1. The Morgan fingerprint density at radius 3 is 1.42 bits per heavy atom. The second-order valence-electron chi connectivity index (χ2n) is 21.4. The first kappa shape index (κ1) is 71.1. The Labute approximate surface area is 464 Å². The molecule has 11 heteroatoms. The Balaban J connectivity index is 2.05. The van der Waals surface area contributed by atoms with Gasteiger partial charge in [-0.3, -0.25) is 9.59 Å². The molecule has 0 aromatic heterocycles. The standard InChI is InChI=1S/C65H115NO10/c1-3-5-7-9-11-13-15-16-29-33-37-41-45-49-53-61(70)74-54-50-46-42-38-34-30-27-25-23-21-19-17-18-20-22-24-26-28-32-36-40-44-48-52-60(69)66-57(56-75-65-64(73)63(72)62(71)59(55-67)76-65)58(68)51-47-43-39-35-31-14-12-10-8-6-4-2/h9,11,15-17,19-20,22,31,35,47,51,57-59,62-65,67-68,71-73H,3-8,10,12-14,18,21,23-30,32-34,36-46,48-50,52-56H2,1-2H3,(H,66,69)/b11-9-,16-15-,19-17-,22-20-,35-31+,51-47+. The average Bonchev–Trinajstić information content (AvgIpc) is 3.42. The molecule has 0 aromatic carbocycles. The quantitative estimate of drug-likeness (QED) is 0.0195. The van der Waals surface area contributed by atoms with Gasteiger partial charge in [-0.2, -0.15) is 0 Å². The highest BCUT2D eigenvalue weighted by atomic mass is 16.7. The molecule has 0 saturated carbocycles. The number of rotatable bonds is 53. The van der Waals surface area contributed by atoms with Crippen molar-refractivity contribution in [3.63, 3.8) is 0 Å². The van der Waals surface area contributed by atoms with Crippen molar-refractivity contribution in [1.82, 2.24) is 5.32 Å². The molecule has 1 rings (SSSR count). The SMILES string of the molecule is CCCC/C=C\C/C=C\CCCCCCCC(=O)OCCCCCCCCCCC/C=C\C/C=C\CCCCCCCCCC(=O)NC(COC1OC(CO)C(O)C(O)C1O)C(O)/C=C/CC/C=C/CCCCCCC. The van der Waals surface area contributed by atoms with Crippen LogP contribution in [0.25, 0.3) is 0 Å². The monoisotopic (exact) mass is 1070 g/mol. The van der Waals surface area contributed by atoms with Crippen LogP contribution in [0.1, 0.15) is 264 Å². The van der Waals surface area contributed by atoms with Gasteiger partial charge in [-0.05, 0) is 103 Å². The van der Waals surface area contributed by atoms with Gasteiger partial charge < -0.3 is 45.1 Å². The summed E-state index contributed by atoms with van der Waals surface area (Å²) in [6.07, 6.45) is 61.5. The molecule has 0 bridgehead atoms. The van der Waals surface area contributed by atoms with E-state index in [0.717, 1.165) is 103 Å². The van der Waals surface area contributed by atoms with Crippen LogP contribution in [0.3, 0.4) is 0 Å². The molecule has 1 aliphatic rings. The summed E-state index contributed by atoms with van der Waals surface area (Å²) in [7, 11) is 0. The van der Waals surface area contributed by atoms with E-state index < -0.39 is 49.5 Å². The van der Waals surface area contributed by atoms with E-state index in [4.69, 9.17) is 14.2 Å². The fourth-order valence-electron chi connectivity index (χ4n) is 9.26. The zero-order chi connectivity index (χ0) is 55.2. The first-order valence-corrected chi connectivity index (χ1v) is 31.2. The molecule has 0 aliphatic carbocycles. The normalized spacial score (nSPS) is 19.2. The van der Waals surface area contributed by atoms with Gasteiger partial charge in [-0.1, -0.05) is 222 Å². The van der Waals surface area contributed by atoms with E-state index in [2.05, 4.69) is 79.9 Å². The van der Waals surface area contributed by atoms with Crippen LogP contribution in [0.5, 0.6) is 0 Å². The van der Waals surface area contributed by atoms with E-state index in [1.54, 1.807) is 6.08 Å². The summed E-state index contributed by atoms with van der Waals surface area (Å²) in [5.74, 6) is -0.226. The Bertz CT molecular complexity index is 1490. The number of carbonyl (C=O) groups excluding carboxylic acids is 2.